The van der Waals surface area contributed by atoms with Gasteiger partial charge >= 0.3 is 0 Å². The maximum atomic E-state index is 6.68. The molecule has 0 amide bonds. The van der Waals surface area contributed by atoms with Crippen LogP contribution in [0, 0.1) is 0 Å². The number of oxazole rings is 1. The molecule has 0 unspecified atom stereocenters. The first-order chi connectivity index (χ1) is 27.7. The molecule has 0 saturated carbocycles. The van der Waals surface area contributed by atoms with Crippen LogP contribution in [-0.2, 0) is 0 Å². The maximum Gasteiger partial charge on any atom is 0.227 e. The second kappa shape index (κ2) is 13.0. The fourth-order valence-electron chi connectivity index (χ4n) is 7.82. The maximum absolute atomic E-state index is 6.68. The van der Waals surface area contributed by atoms with Gasteiger partial charge in [0.2, 0.25) is 5.89 Å². The van der Waals surface area contributed by atoms with Crippen LogP contribution >= 0.6 is 0 Å². The van der Waals surface area contributed by atoms with E-state index in [4.69, 9.17) is 24.4 Å². The molecule has 8 aromatic carbocycles. The molecule has 3 aromatic heterocycles. The van der Waals surface area contributed by atoms with Crippen LogP contribution in [0.3, 0.4) is 0 Å². The number of hydrogen-bond acceptors (Lipinski definition) is 5. The lowest BCUT2D eigenvalue weighted by atomic mass is 10.0. The standard InChI is InChI=1S/C50H31N5O/c1-4-15-33(16-5-1)47-52-48(34-17-6-2-7-18-34)54-49(53-47)38-23-12-21-36(30-38)37-22-13-24-39(31-37)55-43-29-26-32-14-10-11-25-40(32)44(43)41-27-28-42-46(45(41)55)56-50(51-42)35-19-8-3-9-20-35/h1-31H. The molecule has 0 atom stereocenters. The molecule has 6 nitrogen and oxygen atoms in total. The van der Waals surface area contributed by atoms with E-state index in [1.54, 1.807) is 0 Å². The minimum atomic E-state index is 0.601. The van der Waals surface area contributed by atoms with Crippen LogP contribution in [0.4, 0.5) is 0 Å². The first-order valence-corrected chi connectivity index (χ1v) is 18.6. The van der Waals surface area contributed by atoms with E-state index >= 15 is 0 Å². The van der Waals surface area contributed by atoms with Gasteiger partial charge < -0.3 is 8.98 Å². The molecular weight excluding hydrogens is 687 g/mol. The van der Waals surface area contributed by atoms with Gasteiger partial charge in [0.15, 0.2) is 23.1 Å². The third kappa shape index (κ3) is 5.35. The van der Waals surface area contributed by atoms with Crippen LogP contribution in [0.5, 0.6) is 0 Å². The van der Waals surface area contributed by atoms with E-state index in [-0.39, 0.29) is 0 Å². The van der Waals surface area contributed by atoms with Gasteiger partial charge in [-0.15, -0.1) is 0 Å². The highest BCUT2D eigenvalue weighted by Gasteiger charge is 2.21. The van der Waals surface area contributed by atoms with Crippen LogP contribution in [0.1, 0.15) is 0 Å². The normalized spacial score (nSPS) is 11.6. The lowest BCUT2D eigenvalue weighted by molar-refractivity contribution is 0.622. The Hall–Kier alpha value is -7.70. The Kier molecular flexibility index (Phi) is 7.38. The topological polar surface area (TPSA) is 69.6 Å². The van der Waals surface area contributed by atoms with Gasteiger partial charge in [-0.1, -0.05) is 140 Å². The van der Waals surface area contributed by atoms with E-state index < -0.39 is 0 Å². The van der Waals surface area contributed by atoms with Crippen molar-refractivity contribution in [3.05, 3.63) is 188 Å². The lowest BCUT2D eigenvalue weighted by Gasteiger charge is -2.12. The minimum absolute atomic E-state index is 0.601. The molecular formula is C50H31N5O. The van der Waals surface area contributed by atoms with Crippen LogP contribution in [0.15, 0.2) is 192 Å². The highest BCUT2D eigenvalue weighted by atomic mass is 16.3. The number of fused-ring (bicyclic) bond motifs is 7. The molecule has 0 radical (unpaired) electrons. The largest absolute Gasteiger partial charge is 0.434 e. The smallest absolute Gasteiger partial charge is 0.227 e. The Morgan fingerprint density at radius 2 is 0.964 bits per heavy atom. The summed E-state index contributed by atoms with van der Waals surface area (Å²) < 4.78 is 9.01. The van der Waals surface area contributed by atoms with Gasteiger partial charge in [-0.2, -0.15) is 0 Å². The fraction of sp³-hybridized carbons (Fsp3) is 0. The van der Waals surface area contributed by atoms with Crippen molar-refractivity contribution in [3.63, 3.8) is 0 Å². The number of rotatable bonds is 6. The Labute approximate surface area is 322 Å². The highest BCUT2D eigenvalue weighted by molar-refractivity contribution is 6.25. The zero-order chi connectivity index (χ0) is 37.0. The van der Waals surface area contributed by atoms with Crippen molar-refractivity contribution in [2.75, 3.05) is 0 Å². The summed E-state index contributed by atoms with van der Waals surface area (Å²) in [6, 6.07) is 64.6. The Morgan fingerprint density at radius 3 is 1.68 bits per heavy atom. The summed E-state index contributed by atoms with van der Waals surface area (Å²) in [7, 11) is 0. The van der Waals surface area contributed by atoms with Crippen molar-refractivity contribution in [1.29, 1.82) is 0 Å². The van der Waals surface area contributed by atoms with Crippen molar-refractivity contribution in [2.45, 2.75) is 0 Å². The van der Waals surface area contributed by atoms with Gasteiger partial charge in [0.1, 0.15) is 5.52 Å². The number of hydrogen-bond donors (Lipinski definition) is 0. The summed E-state index contributed by atoms with van der Waals surface area (Å²) in [4.78, 5) is 19.8. The van der Waals surface area contributed by atoms with Crippen LogP contribution in [0.25, 0.3) is 106 Å². The highest BCUT2D eigenvalue weighted by Crippen LogP contribution is 2.41. The molecule has 11 rings (SSSR count). The van der Waals surface area contributed by atoms with Gasteiger partial charge in [0.05, 0.1) is 11.0 Å². The fourth-order valence-corrected chi connectivity index (χ4v) is 7.82. The molecule has 0 aliphatic heterocycles. The summed E-state index contributed by atoms with van der Waals surface area (Å²) in [5.74, 6) is 2.49. The molecule has 56 heavy (non-hydrogen) atoms. The van der Waals surface area contributed by atoms with Crippen LogP contribution < -0.4 is 0 Å². The predicted octanol–water partition coefficient (Wildman–Crippen LogP) is 12.6. The van der Waals surface area contributed by atoms with Gasteiger partial charge in [-0.25, -0.2) is 19.9 Å². The quantitative estimate of drug-likeness (QED) is 0.171. The van der Waals surface area contributed by atoms with E-state index in [0.29, 0.717) is 23.4 Å². The Morgan fingerprint density at radius 1 is 0.393 bits per heavy atom. The average Bonchev–Trinajstić information content (AvgIpc) is 3.87. The van der Waals surface area contributed by atoms with Crippen molar-refractivity contribution >= 4 is 43.7 Å². The zero-order valence-electron chi connectivity index (χ0n) is 30.0. The van der Waals surface area contributed by atoms with E-state index in [1.807, 2.05) is 91.0 Å². The SMILES string of the molecule is c1ccc(-c2nc(-c3ccccc3)nc(-c3cccc(-c4cccc(-n5c6ccc7ccccc7c6c6ccc7nc(-c8ccccc8)oc7c65)c4)c3)n2)cc1. The lowest BCUT2D eigenvalue weighted by Crippen LogP contribution is -2.00. The molecule has 0 fully saturated rings. The van der Waals surface area contributed by atoms with Gasteiger partial charge in [-0.05, 0) is 70.4 Å². The second-order valence-electron chi connectivity index (χ2n) is 13.9. The third-order valence-electron chi connectivity index (χ3n) is 10.5. The first-order valence-electron chi connectivity index (χ1n) is 18.6. The molecule has 11 aromatic rings. The van der Waals surface area contributed by atoms with E-state index in [1.165, 1.54) is 16.2 Å². The molecule has 0 bridgehead atoms. The summed E-state index contributed by atoms with van der Waals surface area (Å²) in [5.41, 5.74) is 10.5. The monoisotopic (exact) mass is 717 g/mol. The average molecular weight is 718 g/mol. The number of benzene rings is 8. The van der Waals surface area contributed by atoms with E-state index in [9.17, 15) is 0 Å². The number of nitrogens with zero attached hydrogens (tertiary/aromatic N) is 5. The molecule has 0 saturated heterocycles. The Bertz CT molecular complexity index is 3190. The first kappa shape index (κ1) is 31.8. The second-order valence-corrected chi connectivity index (χ2v) is 13.9. The third-order valence-corrected chi connectivity index (χ3v) is 10.5. The van der Waals surface area contributed by atoms with Crippen LogP contribution in [-0.4, -0.2) is 24.5 Å². The summed E-state index contributed by atoms with van der Waals surface area (Å²) in [5, 5.41) is 4.69. The molecule has 0 aliphatic rings. The van der Waals surface area contributed by atoms with E-state index in [0.717, 1.165) is 66.6 Å². The zero-order valence-corrected chi connectivity index (χ0v) is 30.0. The molecule has 0 aliphatic carbocycles. The number of aromatic nitrogens is 5. The Balaban J connectivity index is 1.09. The van der Waals surface area contributed by atoms with Crippen LogP contribution in [0.2, 0.25) is 0 Å². The summed E-state index contributed by atoms with van der Waals surface area (Å²) >= 11 is 0. The molecule has 262 valence electrons. The predicted molar refractivity (Wildman–Crippen MR) is 226 cm³/mol. The molecule has 6 heteroatoms. The van der Waals surface area contributed by atoms with Gasteiger partial charge in [0, 0.05) is 38.7 Å². The minimum Gasteiger partial charge on any atom is -0.434 e. The van der Waals surface area contributed by atoms with E-state index in [2.05, 4.69) is 102 Å². The van der Waals surface area contributed by atoms with Crippen molar-refractivity contribution < 1.29 is 4.42 Å². The van der Waals surface area contributed by atoms with Crippen molar-refractivity contribution in [3.8, 4) is 62.4 Å². The van der Waals surface area contributed by atoms with Gasteiger partial charge in [-0.3, -0.25) is 0 Å². The summed E-state index contributed by atoms with van der Waals surface area (Å²) in [6.45, 7) is 0. The molecule has 3 heterocycles. The van der Waals surface area contributed by atoms with Crippen molar-refractivity contribution in [2.24, 2.45) is 0 Å². The summed E-state index contributed by atoms with van der Waals surface area (Å²) in [6.07, 6.45) is 0. The molecule has 0 spiro atoms. The van der Waals surface area contributed by atoms with Gasteiger partial charge in [0.25, 0.3) is 0 Å². The molecule has 0 N–H and O–H groups in total. The van der Waals surface area contributed by atoms with Crippen molar-refractivity contribution in [1.82, 2.24) is 24.5 Å².